The summed E-state index contributed by atoms with van der Waals surface area (Å²) in [6, 6.07) is 9.65. The first kappa shape index (κ1) is 23.7. The van der Waals surface area contributed by atoms with Crippen LogP contribution in [0, 0.1) is 0 Å². The quantitative estimate of drug-likeness (QED) is 0.692. The first-order valence-corrected chi connectivity index (χ1v) is 13.6. The molecule has 1 aliphatic heterocycles. The normalized spacial score (nSPS) is 20.4. The number of sulfone groups is 1. The minimum Gasteiger partial charge on any atom is -0.322 e. The van der Waals surface area contributed by atoms with E-state index in [2.05, 4.69) is 5.32 Å². The van der Waals surface area contributed by atoms with Crippen LogP contribution >= 0.6 is 11.6 Å². The first-order chi connectivity index (χ1) is 14.4. The third-order valence-corrected chi connectivity index (χ3v) is 8.99. The highest BCUT2D eigenvalue weighted by Crippen LogP contribution is 2.30. The third-order valence-electron chi connectivity index (χ3n) is 5.41. The summed E-state index contributed by atoms with van der Waals surface area (Å²) in [7, 11) is -7.15. The Balaban J connectivity index is 1.82. The van der Waals surface area contributed by atoms with Crippen LogP contribution in [0.5, 0.6) is 0 Å². The van der Waals surface area contributed by atoms with E-state index in [9.17, 15) is 21.6 Å². The van der Waals surface area contributed by atoms with Gasteiger partial charge in [-0.3, -0.25) is 4.79 Å². The average Bonchev–Trinajstić information content (AvgIpc) is 2.67. The third kappa shape index (κ3) is 5.11. The maximum Gasteiger partial charge on any atom is 0.257 e. The van der Waals surface area contributed by atoms with Gasteiger partial charge in [0.1, 0.15) is 0 Å². The molecule has 0 radical (unpaired) electrons. The van der Waals surface area contributed by atoms with E-state index in [1.54, 1.807) is 4.31 Å². The van der Waals surface area contributed by atoms with Gasteiger partial charge >= 0.3 is 0 Å². The van der Waals surface area contributed by atoms with Gasteiger partial charge in [0.2, 0.25) is 10.0 Å². The van der Waals surface area contributed by atoms with Crippen molar-refractivity contribution in [1.29, 1.82) is 0 Å². The van der Waals surface area contributed by atoms with E-state index >= 15 is 0 Å². The van der Waals surface area contributed by atoms with Gasteiger partial charge in [-0.25, -0.2) is 16.8 Å². The van der Waals surface area contributed by atoms with Gasteiger partial charge in [0.15, 0.2) is 9.84 Å². The molecule has 1 saturated heterocycles. The van der Waals surface area contributed by atoms with Crippen molar-refractivity contribution in [2.24, 2.45) is 0 Å². The number of benzene rings is 2. The minimum atomic E-state index is -3.65. The standard InChI is InChI=1S/C21H25ClN2O5S2/c1-14-5-4-6-15(2)24(14)31(28,29)17-9-7-16(8-10-17)23-21(25)19-13-18(30(3,26)27)11-12-20(19)22/h7-15H,4-6H2,1-3H3,(H,23,25). The van der Waals surface area contributed by atoms with Crippen molar-refractivity contribution >= 4 is 43.1 Å². The van der Waals surface area contributed by atoms with Crippen LogP contribution in [0.1, 0.15) is 43.5 Å². The molecule has 1 amide bonds. The average molecular weight is 485 g/mol. The SMILES string of the molecule is CC1CCCC(C)N1S(=O)(=O)c1ccc(NC(=O)c2cc(S(C)(=O)=O)ccc2Cl)cc1. The van der Waals surface area contributed by atoms with Gasteiger partial charge in [-0.1, -0.05) is 18.0 Å². The van der Waals surface area contributed by atoms with Crippen molar-refractivity contribution < 1.29 is 21.6 Å². The Morgan fingerprint density at radius 2 is 1.52 bits per heavy atom. The van der Waals surface area contributed by atoms with Gasteiger partial charge in [0, 0.05) is 24.0 Å². The van der Waals surface area contributed by atoms with Crippen molar-refractivity contribution in [3.63, 3.8) is 0 Å². The molecule has 0 saturated carbocycles. The van der Waals surface area contributed by atoms with Crippen molar-refractivity contribution in [3.8, 4) is 0 Å². The molecule has 1 aliphatic rings. The summed E-state index contributed by atoms with van der Waals surface area (Å²) < 4.78 is 51.3. The van der Waals surface area contributed by atoms with Crippen molar-refractivity contribution in [3.05, 3.63) is 53.1 Å². The molecular formula is C21H25ClN2O5S2. The molecule has 1 fully saturated rings. The summed E-state index contributed by atoms with van der Waals surface area (Å²) in [6.45, 7) is 3.83. The van der Waals surface area contributed by atoms with Gasteiger partial charge in [0.05, 0.1) is 20.4 Å². The number of hydrogen-bond donors (Lipinski definition) is 1. The van der Waals surface area contributed by atoms with Crippen LogP contribution in [-0.4, -0.2) is 45.4 Å². The number of anilines is 1. The number of amides is 1. The molecule has 2 aromatic rings. The van der Waals surface area contributed by atoms with E-state index in [4.69, 9.17) is 11.6 Å². The highest BCUT2D eigenvalue weighted by Gasteiger charge is 2.35. The van der Waals surface area contributed by atoms with Gasteiger partial charge in [-0.2, -0.15) is 4.31 Å². The first-order valence-electron chi connectivity index (χ1n) is 9.86. The maximum atomic E-state index is 13.1. The minimum absolute atomic E-state index is 0.0113. The van der Waals surface area contributed by atoms with Crippen LogP contribution in [0.15, 0.2) is 52.3 Å². The van der Waals surface area contributed by atoms with Crippen LogP contribution in [0.4, 0.5) is 5.69 Å². The van der Waals surface area contributed by atoms with E-state index < -0.39 is 25.8 Å². The van der Waals surface area contributed by atoms with Crippen LogP contribution in [0.25, 0.3) is 0 Å². The summed E-state index contributed by atoms with van der Waals surface area (Å²) in [6.07, 6.45) is 3.69. The molecule has 0 bridgehead atoms. The van der Waals surface area contributed by atoms with E-state index in [0.29, 0.717) is 5.69 Å². The number of carbonyl (C=O) groups excluding carboxylic acids is 1. The molecule has 7 nitrogen and oxygen atoms in total. The lowest BCUT2D eigenvalue weighted by Gasteiger charge is -2.37. The number of hydrogen-bond acceptors (Lipinski definition) is 5. The molecule has 0 spiro atoms. The number of sulfonamides is 1. The lowest BCUT2D eigenvalue weighted by Crippen LogP contribution is -2.47. The fourth-order valence-corrected chi connectivity index (χ4v) is 6.54. The smallest absolute Gasteiger partial charge is 0.257 e. The molecule has 1 heterocycles. The highest BCUT2D eigenvalue weighted by atomic mass is 35.5. The van der Waals surface area contributed by atoms with Gasteiger partial charge < -0.3 is 5.32 Å². The predicted molar refractivity (Wildman–Crippen MR) is 121 cm³/mol. The van der Waals surface area contributed by atoms with Crippen LogP contribution in [0.2, 0.25) is 5.02 Å². The van der Waals surface area contributed by atoms with Crippen LogP contribution < -0.4 is 5.32 Å². The number of nitrogens with zero attached hydrogens (tertiary/aromatic N) is 1. The number of halogens is 1. The second kappa shape index (κ2) is 8.90. The van der Waals surface area contributed by atoms with Crippen LogP contribution in [-0.2, 0) is 19.9 Å². The Labute approximate surface area is 188 Å². The number of piperidine rings is 1. The molecule has 1 N–H and O–H groups in total. The molecule has 31 heavy (non-hydrogen) atoms. The largest absolute Gasteiger partial charge is 0.322 e. The van der Waals surface area contributed by atoms with Crippen molar-refractivity contribution in [2.45, 2.75) is 55.0 Å². The topological polar surface area (TPSA) is 101 Å². The zero-order valence-electron chi connectivity index (χ0n) is 17.5. The summed E-state index contributed by atoms with van der Waals surface area (Å²) in [4.78, 5) is 12.7. The molecule has 168 valence electrons. The van der Waals surface area contributed by atoms with Gasteiger partial charge in [-0.15, -0.1) is 0 Å². The second-order valence-corrected chi connectivity index (χ2v) is 12.1. The zero-order valence-corrected chi connectivity index (χ0v) is 19.9. The molecule has 10 heteroatoms. The predicted octanol–water partition coefficient (Wildman–Crippen LogP) is 3.95. The summed E-state index contributed by atoms with van der Waals surface area (Å²) in [5, 5.41) is 2.74. The number of rotatable bonds is 5. The molecule has 0 aromatic heterocycles. The number of carbonyl (C=O) groups is 1. The Kier molecular flexibility index (Phi) is 6.81. The van der Waals surface area contributed by atoms with Gasteiger partial charge in [-0.05, 0) is 69.2 Å². The fourth-order valence-electron chi connectivity index (χ4n) is 3.81. The highest BCUT2D eigenvalue weighted by molar-refractivity contribution is 7.90. The molecule has 2 unspecified atom stereocenters. The Hall–Kier alpha value is -1.94. The molecule has 3 rings (SSSR count). The summed E-state index contributed by atoms with van der Waals surface area (Å²) in [5.74, 6) is -0.593. The molecule has 2 aromatic carbocycles. The van der Waals surface area contributed by atoms with Gasteiger partial charge in [0.25, 0.3) is 5.91 Å². The lowest BCUT2D eigenvalue weighted by atomic mass is 10.0. The van der Waals surface area contributed by atoms with Crippen molar-refractivity contribution in [2.75, 3.05) is 11.6 Å². The van der Waals surface area contributed by atoms with Crippen LogP contribution in [0.3, 0.4) is 0 Å². The zero-order chi connectivity index (χ0) is 23.0. The van der Waals surface area contributed by atoms with E-state index in [0.717, 1.165) is 25.5 Å². The Morgan fingerprint density at radius 3 is 2.06 bits per heavy atom. The lowest BCUT2D eigenvalue weighted by molar-refractivity contribution is 0.102. The summed E-state index contributed by atoms with van der Waals surface area (Å²) >= 11 is 6.07. The summed E-state index contributed by atoms with van der Waals surface area (Å²) in [5.41, 5.74) is 0.377. The fraction of sp³-hybridized carbons (Fsp3) is 0.381. The maximum absolute atomic E-state index is 13.1. The molecule has 0 aliphatic carbocycles. The van der Waals surface area contributed by atoms with Crippen molar-refractivity contribution in [1.82, 2.24) is 4.31 Å². The van der Waals surface area contributed by atoms with E-state index in [-0.39, 0.29) is 32.5 Å². The Bertz CT molecular complexity index is 1180. The number of nitrogens with one attached hydrogen (secondary N) is 1. The molecular weight excluding hydrogens is 460 g/mol. The van der Waals surface area contributed by atoms with E-state index in [1.165, 1.54) is 42.5 Å². The Morgan fingerprint density at radius 1 is 0.968 bits per heavy atom. The monoisotopic (exact) mass is 484 g/mol. The van der Waals surface area contributed by atoms with E-state index in [1.807, 2.05) is 13.8 Å². The second-order valence-electron chi connectivity index (χ2n) is 7.86. The molecule has 2 atom stereocenters.